The third-order valence-corrected chi connectivity index (χ3v) is 6.68. The first-order valence-electron chi connectivity index (χ1n) is 9.24. The lowest BCUT2D eigenvalue weighted by Crippen LogP contribution is -2.51. The van der Waals surface area contributed by atoms with Crippen molar-refractivity contribution in [3.05, 3.63) is 59.4 Å². The van der Waals surface area contributed by atoms with Gasteiger partial charge in [0, 0.05) is 25.3 Å². The van der Waals surface area contributed by atoms with Crippen LogP contribution in [0.3, 0.4) is 0 Å². The maximum Gasteiger partial charge on any atom is 0.282 e. The molecule has 2 aromatic carbocycles. The lowest BCUT2D eigenvalue weighted by atomic mass is 10.2. The average Bonchev–Trinajstić information content (AvgIpc) is 2.68. The summed E-state index contributed by atoms with van der Waals surface area (Å²) < 4.78 is 47.0. The fourth-order valence-corrected chi connectivity index (χ4v) is 4.83. The van der Waals surface area contributed by atoms with Crippen molar-refractivity contribution in [2.75, 3.05) is 32.1 Å². The monoisotopic (exact) mass is 421 g/mol. The zero-order chi connectivity index (χ0) is 21.0. The molecule has 2 aromatic rings. The number of amides is 1. The molecule has 0 saturated carbocycles. The van der Waals surface area contributed by atoms with Gasteiger partial charge in [0.15, 0.2) is 0 Å². The summed E-state index contributed by atoms with van der Waals surface area (Å²) in [6, 6.07) is 11.3. The summed E-state index contributed by atoms with van der Waals surface area (Å²) in [5.74, 6) is -0.329. The molecule has 1 amide bonds. The number of halogens is 1. The minimum absolute atomic E-state index is 0.195. The number of hydrogen-bond donors (Lipinski definition) is 1. The summed E-state index contributed by atoms with van der Waals surface area (Å²) in [4.78, 5) is 12.4. The number of ether oxygens (including phenoxy) is 1. The van der Waals surface area contributed by atoms with Crippen LogP contribution in [0.15, 0.2) is 42.5 Å². The molecule has 29 heavy (non-hydrogen) atoms. The van der Waals surface area contributed by atoms with E-state index in [1.165, 1.54) is 16.4 Å². The number of carbonyl (C=O) groups excluding carboxylic acids is 1. The Balaban J connectivity index is 1.69. The first-order chi connectivity index (χ1) is 13.8. The van der Waals surface area contributed by atoms with E-state index < -0.39 is 21.9 Å². The number of aryl methyl sites for hydroxylation is 1. The van der Waals surface area contributed by atoms with Gasteiger partial charge in [-0.15, -0.1) is 0 Å². The van der Waals surface area contributed by atoms with Gasteiger partial charge in [-0.1, -0.05) is 18.2 Å². The minimum atomic E-state index is -3.80. The van der Waals surface area contributed by atoms with Crippen molar-refractivity contribution in [2.24, 2.45) is 0 Å². The quantitative estimate of drug-likeness (QED) is 0.778. The number of carbonyl (C=O) groups is 1. The Hall–Kier alpha value is -2.49. The van der Waals surface area contributed by atoms with Crippen LogP contribution in [0.5, 0.6) is 5.75 Å². The number of nitrogens with one attached hydrogen (secondary N) is 1. The fourth-order valence-electron chi connectivity index (χ4n) is 3.19. The van der Waals surface area contributed by atoms with Crippen LogP contribution >= 0.6 is 0 Å². The summed E-state index contributed by atoms with van der Waals surface area (Å²) in [5, 5.41) is 2.60. The largest absolute Gasteiger partial charge is 0.497 e. The van der Waals surface area contributed by atoms with Gasteiger partial charge >= 0.3 is 0 Å². The molecule has 1 heterocycles. The van der Waals surface area contributed by atoms with Gasteiger partial charge in [0.05, 0.1) is 13.7 Å². The minimum Gasteiger partial charge on any atom is -0.497 e. The number of hydrogen-bond acceptors (Lipinski definition) is 4. The molecule has 0 spiro atoms. The van der Waals surface area contributed by atoms with Crippen LogP contribution < -0.4 is 10.1 Å². The third-order valence-electron chi connectivity index (χ3n) is 4.75. The Morgan fingerprint density at radius 2 is 1.93 bits per heavy atom. The maximum absolute atomic E-state index is 13.4. The standard InChI is InChI=1S/C20H24FN3O4S/c1-15-7-8-17(21)12-19(15)22-20(25)14-24-10-4-9-23(29(24,26)27)13-16-5-3-6-18(11-16)28-2/h3,5-8,11-12H,4,9-10,13-14H2,1-2H3,(H,22,25). The highest BCUT2D eigenvalue weighted by molar-refractivity contribution is 7.86. The molecule has 1 saturated heterocycles. The average molecular weight is 421 g/mol. The highest BCUT2D eigenvalue weighted by Gasteiger charge is 2.34. The Kier molecular flexibility index (Phi) is 6.51. The molecule has 3 rings (SSSR count). The summed E-state index contributed by atoms with van der Waals surface area (Å²) >= 11 is 0. The number of benzene rings is 2. The van der Waals surface area contributed by atoms with Gasteiger partial charge < -0.3 is 10.1 Å². The highest BCUT2D eigenvalue weighted by atomic mass is 32.2. The number of nitrogens with zero attached hydrogens (tertiary/aromatic N) is 2. The second-order valence-corrected chi connectivity index (χ2v) is 8.82. The zero-order valence-electron chi connectivity index (χ0n) is 16.4. The molecule has 1 aliphatic heterocycles. The van der Waals surface area contributed by atoms with E-state index in [4.69, 9.17) is 4.74 Å². The van der Waals surface area contributed by atoms with E-state index in [1.807, 2.05) is 6.07 Å². The summed E-state index contributed by atoms with van der Waals surface area (Å²) in [5.41, 5.74) is 1.83. The second-order valence-electron chi connectivity index (χ2n) is 6.89. The van der Waals surface area contributed by atoms with Crippen molar-refractivity contribution >= 4 is 21.8 Å². The third kappa shape index (κ3) is 5.11. The van der Waals surface area contributed by atoms with Crippen LogP contribution in [0, 0.1) is 12.7 Å². The van der Waals surface area contributed by atoms with Crippen LogP contribution in [0.2, 0.25) is 0 Å². The molecular weight excluding hydrogens is 397 g/mol. The molecule has 0 bridgehead atoms. The molecular formula is C20H24FN3O4S. The Bertz CT molecular complexity index is 997. The first kappa shape index (κ1) is 21.2. The van der Waals surface area contributed by atoms with E-state index in [2.05, 4.69) is 5.32 Å². The van der Waals surface area contributed by atoms with Crippen molar-refractivity contribution in [1.82, 2.24) is 8.61 Å². The molecule has 0 unspecified atom stereocenters. The Morgan fingerprint density at radius 3 is 2.69 bits per heavy atom. The Labute approximate surface area is 170 Å². The van der Waals surface area contributed by atoms with Crippen molar-refractivity contribution in [3.8, 4) is 5.75 Å². The van der Waals surface area contributed by atoms with E-state index in [0.717, 1.165) is 9.87 Å². The topological polar surface area (TPSA) is 79.0 Å². The molecule has 0 radical (unpaired) electrons. The smallest absolute Gasteiger partial charge is 0.282 e. The molecule has 0 atom stereocenters. The van der Waals surface area contributed by atoms with Crippen molar-refractivity contribution in [3.63, 3.8) is 0 Å². The summed E-state index contributed by atoms with van der Waals surface area (Å²) in [7, 11) is -2.24. The van der Waals surface area contributed by atoms with Crippen molar-refractivity contribution < 1.29 is 22.3 Å². The second kappa shape index (κ2) is 8.89. The number of methoxy groups -OCH3 is 1. The van der Waals surface area contributed by atoms with Gasteiger partial charge in [-0.3, -0.25) is 4.79 Å². The zero-order valence-corrected chi connectivity index (χ0v) is 17.2. The first-order valence-corrected chi connectivity index (χ1v) is 10.6. The molecule has 9 heteroatoms. The van der Waals surface area contributed by atoms with E-state index in [1.54, 1.807) is 38.3 Å². The van der Waals surface area contributed by atoms with Crippen LogP contribution in [-0.4, -0.2) is 49.7 Å². The van der Waals surface area contributed by atoms with E-state index in [-0.39, 0.29) is 19.6 Å². The Morgan fingerprint density at radius 1 is 1.17 bits per heavy atom. The van der Waals surface area contributed by atoms with Gasteiger partial charge in [0.1, 0.15) is 11.6 Å². The summed E-state index contributed by atoms with van der Waals surface area (Å²) in [6.45, 7) is 2.24. The SMILES string of the molecule is COc1cccc(CN2CCCN(CC(=O)Nc3cc(F)ccc3C)S2(=O)=O)c1. The normalized spacial score (nSPS) is 17.1. The van der Waals surface area contributed by atoms with E-state index in [0.29, 0.717) is 30.0 Å². The van der Waals surface area contributed by atoms with Crippen LogP contribution in [0.4, 0.5) is 10.1 Å². The van der Waals surface area contributed by atoms with Gasteiger partial charge in [-0.2, -0.15) is 17.0 Å². The van der Waals surface area contributed by atoms with Crippen LogP contribution in [-0.2, 0) is 21.5 Å². The summed E-state index contributed by atoms with van der Waals surface area (Å²) in [6.07, 6.45) is 0.607. The van der Waals surface area contributed by atoms with Gasteiger partial charge in [0.2, 0.25) is 5.91 Å². The van der Waals surface area contributed by atoms with E-state index >= 15 is 0 Å². The molecule has 0 aromatic heterocycles. The van der Waals surface area contributed by atoms with Crippen LogP contribution in [0.25, 0.3) is 0 Å². The number of anilines is 1. The molecule has 156 valence electrons. The van der Waals surface area contributed by atoms with E-state index in [9.17, 15) is 17.6 Å². The van der Waals surface area contributed by atoms with Gasteiger partial charge in [0.25, 0.3) is 10.2 Å². The predicted molar refractivity (Wildman–Crippen MR) is 108 cm³/mol. The molecule has 1 fully saturated rings. The fraction of sp³-hybridized carbons (Fsp3) is 0.350. The molecule has 1 N–H and O–H groups in total. The molecule has 1 aliphatic rings. The maximum atomic E-state index is 13.4. The molecule has 7 nitrogen and oxygen atoms in total. The van der Waals surface area contributed by atoms with Gasteiger partial charge in [-0.05, 0) is 48.7 Å². The lowest BCUT2D eigenvalue weighted by molar-refractivity contribution is -0.116. The highest BCUT2D eigenvalue weighted by Crippen LogP contribution is 2.22. The van der Waals surface area contributed by atoms with Crippen molar-refractivity contribution in [2.45, 2.75) is 19.9 Å². The predicted octanol–water partition coefficient (Wildman–Crippen LogP) is 2.53. The van der Waals surface area contributed by atoms with Crippen molar-refractivity contribution in [1.29, 1.82) is 0 Å². The lowest BCUT2D eigenvalue weighted by Gasteiger charge is -2.34. The van der Waals surface area contributed by atoms with Gasteiger partial charge in [-0.25, -0.2) is 4.39 Å². The molecule has 0 aliphatic carbocycles. The number of rotatable bonds is 6. The van der Waals surface area contributed by atoms with Crippen LogP contribution in [0.1, 0.15) is 17.5 Å².